The summed E-state index contributed by atoms with van der Waals surface area (Å²) in [6.07, 6.45) is 2.46. The minimum Gasteiger partial charge on any atom is -0.507 e. The summed E-state index contributed by atoms with van der Waals surface area (Å²) in [5.74, 6) is 1.00. The van der Waals surface area contributed by atoms with Gasteiger partial charge < -0.3 is 20.2 Å². The van der Waals surface area contributed by atoms with Crippen molar-refractivity contribution in [2.45, 2.75) is 13.3 Å². The van der Waals surface area contributed by atoms with Crippen molar-refractivity contribution in [3.8, 4) is 17.0 Å². The first-order valence-corrected chi connectivity index (χ1v) is 10.7. The Morgan fingerprint density at radius 3 is 2.76 bits per heavy atom. The highest BCUT2D eigenvalue weighted by atomic mass is 16.3. The molecule has 8 nitrogen and oxygen atoms in total. The molecule has 0 aliphatic heterocycles. The summed E-state index contributed by atoms with van der Waals surface area (Å²) >= 11 is 0. The first-order chi connectivity index (χ1) is 16.1. The van der Waals surface area contributed by atoms with Gasteiger partial charge in [0.25, 0.3) is 5.91 Å². The first-order valence-electron chi connectivity index (χ1n) is 10.7. The van der Waals surface area contributed by atoms with E-state index in [-0.39, 0.29) is 11.7 Å². The van der Waals surface area contributed by atoms with Gasteiger partial charge >= 0.3 is 0 Å². The van der Waals surface area contributed by atoms with E-state index in [4.69, 9.17) is 4.42 Å². The van der Waals surface area contributed by atoms with Crippen molar-refractivity contribution in [2.24, 2.45) is 0 Å². The highest BCUT2D eigenvalue weighted by molar-refractivity contribution is 5.96. The molecule has 5 aromatic rings. The zero-order valence-electron chi connectivity index (χ0n) is 18.1. The molecule has 3 heterocycles. The van der Waals surface area contributed by atoms with Gasteiger partial charge in [-0.15, -0.1) is 0 Å². The van der Waals surface area contributed by atoms with Crippen LogP contribution in [0.4, 0.5) is 5.82 Å². The number of hydrogen-bond acceptors (Lipinski definition) is 6. The number of nitrogens with zero attached hydrogens (tertiary/aromatic N) is 3. The molecule has 5 rings (SSSR count). The molecular formula is C25H23N5O3. The lowest BCUT2D eigenvalue weighted by atomic mass is 10.1. The van der Waals surface area contributed by atoms with E-state index in [2.05, 4.69) is 20.7 Å². The van der Waals surface area contributed by atoms with Gasteiger partial charge in [-0.25, -0.2) is 4.98 Å². The summed E-state index contributed by atoms with van der Waals surface area (Å²) in [6, 6.07) is 18.3. The predicted molar refractivity (Wildman–Crippen MR) is 126 cm³/mol. The van der Waals surface area contributed by atoms with Gasteiger partial charge in [-0.2, -0.15) is 9.61 Å². The summed E-state index contributed by atoms with van der Waals surface area (Å²) in [5, 5.41) is 21.8. The molecule has 3 N–H and O–H groups in total. The summed E-state index contributed by atoms with van der Waals surface area (Å²) in [4.78, 5) is 17.1. The minimum atomic E-state index is -0.234. The molecule has 3 aromatic heterocycles. The second-order valence-electron chi connectivity index (χ2n) is 7.79. The third kappa shape index (κ3) is 4.10. The molecule has 0 bridgehead atoms. The number of amides is 1. The fourth-order valence-electron chi connectivity index (χ4n) is 3.71. The Morgan fingerprint density at radius 2 is 1.91 bits per heavy atom. The topological polar surface area (TPSA) is 105 Å². The molecule has 0 saturated heterocycles. The number of fused-ring (bicyclic) bond motifs is 2. The van der Waals surface area contributed by atoms with Gasteiger partial charge in [0.1, 0.15) is 17.2 Å². The van der Waals surface area contributed by atoms with Crippen molar-refractivity contribution < 1.29 is 14.3 Å². The van der Waals surface area contributed by atoms with Crippen LogP contribution in [0.3, 0.4) is 0 Å². The van der Waals surface area contributed by atoms with E-state index in [0.717, 1.165) is 22.4 Å². The number of carbonyl (C=O) groups is 1. The number of carbonyl (C=O) groups excluding carboxylic acids is 1. The number of aryl methyl sites for hydroxylation is 1. The Labute approximate surface area is 189 Å². The van der Waals surface area contributed by atoms with E-state index in [1.54, 1.807) is 28.9 Å². The Morgan fingerprint density at radius 1 is 1.09 bits per heavy atom. The maximum atomic E-state index is 12.4. The van der Waals surface area contributed by atoms with Crippen molar-refractivity contribution in [2.75, 3.05) is 18.4 Å². The summed E-state index contributed by atoms with van der Waals surface area (Å²) in [7, 11) is 0. The number of phenolic OH excluding ortho intramolecular Hbond substituents is 1. The van der Waals surface area contributed by atoms with Gasteiger partial charge in [0, 0.05) is 35.7 Å². The van der Waals surface area contributed by atoms with Gasteiger partial charge in [0.05, 0.1) is 11.9 Å². The normalized spacial score (nSPS) is 11.2. The lowest BCUT2D eigenvalue weighted by Crippen LogP contribution is -2.25. The molecule has 0 aliphatic carbocycles. The van der Waals surface area contributed by atoms with Gasteiger partial charge in [-0.1, -0.05) is 30.3 Å². The number of rotatable bonds is 7. The number of phenols is 1. The number of hydrogen-bond donors (Lipinski definition) is 3. The Hall–Kier alpha value is -4.33. The largest absolute Gasteiger partial charge is 0.507 e. The Balaban J connectivity index is 1.25. The van der Waals surface area contributed by atoms with Crippen molar-refractivity contribution >= 4 is 28.3 Å². The van der Waals surface area contributed by atoms with Crippen LogP contribution in [-0.2, 0) is 0 Å². The van der Waals surface area contributed by atoms with Gasteiger partial charge in [0.15, 0.2) is 11.4 Å². The quantitative estimate of drug-likeness (QED) is 0.324. The van der Waals surface area contributed by atoms with Gasteiger partial charge in [0.2, 0.25) is 0 Å². The van der Waals surface area contributed by atoms with E-state index in [9.17, 15) is 9.90 Å². The van der Waals surface area contributed by atoms with Crippen LogP contribution < -0.4 is 10.6 Å². The number of nitrogens with one attached hydrogen (secondary N) is 2. The molecule has 0 aliphatic rings. The molecule has 0 atom stereocenters. The molecule has 166 valence electrons. The monoisotopic (exact) mass is 441 g/mol. The molecule has 33 heavy (non-hydrogen) atoms. The molecule has 0 fully saturated rings. The fourth-order valence-corrected chi connectivity index (χ4v) is 3.71. The highest BCUT2D eigenvalue weighted by Gasteiger charge is 2.14. The van der Waals surface area contributed by atoms with Crippen molar-refractivity contribution in [1.29, 1.82) is 0 Å². The van der Waals surface area contributed by atoms with E-state index < -0.39 is 0 Å². The van der Waals surface area contributed by atoms with Crippen LogP contribution in [-0.4, -0.2) is 38.7 Å². The molecule has 8 heteroatoms. The molecular weight excluding hydrogens is 418 g/mol. The zero-order chi connectivity index (χ0) is 22.8. The van der Waals surface area contributed by atoms with Crippen molar-refractivity contribution in [3.05, 3.63) is 78.2 Å². The number of aromatic nitrogens is 3. The third-order valence-corrected chi connectivity index (χ3v) is 5.42. The predicted octanol–water partition coefficient (Wildman–Crippen LogP) is 4.39. The molecule has 0 radical (unpaired) electrons. The highest BCUT2D eigenvalue weighted by Crippen LogP contribution is 2.30. The minimum absolute atomic E-state index is 0.172. The number of benzene rings is 2. The average molecular weight is 441 g/mol. The maximum Gasteiger partial charge on any atom is 0.287 e. The van der Waals surface area contributed by atoms with Crippen molar-refractivity contribution in [1.82, 2.24) is 19.9 Å². The smallest absolute Gasteiger partial charge is 0.287 e. The van der Waals surface area contributed by atoms with Crippen LogP contribution in [0.5, 0.6) is 5.75 Å². The zero-order valence-corrected chi connectivity index (χ0v) is 18.1. The fraction of sp³-hybridized carbons (Fsp3) is 0.160. The maximum absolute atomic E-state index is 12.4. The first kappa shape index (κ1) is 20.6. The molecule has 0 spiro atoms. The average Bonchev–Trinajstić information content (AvgIpc) is 3.43. The second-order valence-corrected chi connectivity index (χ2v) is 7.79. The molecule has 1 amide bonds. The van der Waals surface area contributed by atoms with Crippen LogP contribution in [0.25, 0.3) is 27.9 Å². The van der Waals surface area contributed by atoms with E-state index in [1.807, 2.05) is 49.4 Å². The summed E-state index contributed by atoms with van der Waals surface area (Å²) in [5.41, 5.74) is 3.66. The Bertz CT molecular complexity index is 1420. The van der Waals surface area contributed by atoms with Crippen LogP contribution in [0.1, 0.15) is 22.5 Å². The summed E-state index contributed by atoms with van der Waals surface area (Å²) < 4.78 is 7.35. The van der Waals surface area contributed by atoms with Crippen LogP contribution >= 0.6 is 0 Å². The SMILES string of the molecule is Cc1cnn2c(NCCCNC(=O)c3cc4ccccc4o3)cc(-c3ccccc3O)nc12. The second kappa shape index (κ2) is 8.66. The third-order valence-electron chi connectivity index (χ3n) is 5.42. The lowest BCUT2D eigenvalue weighted by molar-refractivity contribution is 0.0928. The van der Waals surface area contributed by atoms with E-state index >= 15 is 0 Å². The number of para-hydroxylation sites is 2. The lowest BCUT2D eigenvalue weighted by Gasteiger charge is -2.12. The Kier molecular flexibility index (Phi) is 5.40. The standard InChI is InChI=1S/C25H23N5O3/c1-16-15-28-30-23(14-19(29-24(16)30)18-8-3-4-9-20(18)31)26-11-6-12-27-25(32)22-13-17-7-2-5-10-21(17)33-22/h2-5,7-10,13-15,26,31H,6,11-12H2,1H3,(H,27,32). The molecule has 0 unspecified atom stereocenters. The van der Waals surface area contributed by atoms with Gasteiger partial charge in [-0.3, -0.25) is 4.79 Å². The number of anilines is 1. The van der Waals surface area contributed by atoms with Gasteiger partial charge in [-0.05, 0) is 37.6 Å². The molecule has 0 saturated carbocycles. The number of aromatic hydroxyl groups is 1. The summed E-state index contributed by atoms with van der Waals surface area (Å²) in [6.45, 7) is 3.04. The number of furan rings is 1. The van der Waals surface area contributed by atoms with Crippen LogP contribution in [0, 0.1) is 6.92 Å². The molecule has 2 aromatic carbocycles. The van der Waals surface area contributed by atoms with E-state index in [1.165, 1.54) is 0 Å². The van der Waals surface area contributed by atoms with E-state index in [0.29, 0.717) is 42.1 Å². The van der Waals surface area contributed by atoms with Crippen LogP contribution in [0.15, 0.2) is 71.3 Å². The van der Waals surface area contributed by atoms with Crippen LogP contribution in [0.2, 0.25) is 0 Å². The van der Waals surface area contributed by atoms with Crippen molar-refractivity contribution in [3.63, 3.8) is 0 Å².